The predicted molar refractivity (Wildman–Crippen MR) is 86.7 cm³/mol. The fourth-order valence-electron chi connectivity index (χ4n) is 2.06. The summed E-state index contributed by atoms with van der Waals surface area (Å²) in [5.41, 5.74) is 1.85. The minimum atomic E-state index is -0.288. The van der Waals surface area contributed by atoms with E-state index in [1.54, 1.807) is 38.4 Å². The molecule has 0 saturated heterocycles. The van der Waals surface area contributed by atoms with E-state index in [2.05, 4.69) is 30.7 Å². The van der Waals surface area contributed by atoms with Gasteiger partial charge in [0.25, 0.3) is 5.91 Å². The van der Waals surface area contributed by atoms with Crippen LogP contribution in [0.5, 0.6) is 0 Å². The molecule has 1 amide bonds. The molecule has 0 fully saturated rings. The summed E-state index contributed by atoms with van der Waals surface area (Å²) in [6.45, 7) is 3.95. The molecule has 0 saturated carbocycles. The second-order valence-electron chi connectivity index (χ2n) is 5.21. The van der Waals surface area contributed by atoms with Crippen LogP contribution in [0.3, 0.4) is 0 Å². The number of nitrogens with one attached hydrogen (secondary N) is 2. The van der Waals surface area contributed by atoms with E-state index >= 15 is 0 Å². The van der Waals surface area contributed by atoms with Gasteiger partial charge < -0.3 is 15.2 Å². The highest BCUT2D eigenvalue weighted by Crippen LogP contribution is 2.13. The number of aromatic nitrogens is 4. The zero-order chi connectivity index (χ0) is 16.9. The maximum absolute atomic E-state index is 12.3. The summed E-state index contributed by atoms with van der Waals surface area (Å²) in [4.78, 5) is 24.8. The predicted octanol–water partition coefficient (Wildman–Crippen LogP) is 2.15. The van der Waals surface area contributed by atoms with Crippen LogP contribution >= 0.6 is 0 Å². The number of aryl methyl sites for hydroxylation is 2. The smallest absolute Gasteiger partial charge is 0.270 e. The zero-order valence-electron chi connectivity index (χ0n) is 13.3. The average Bonchev–Trinajstić information content (AvgIpc) is 2.98. The summed E-state index contributed by atoms with van der Waals surface area (Å²) < 4.78 is 4.98. The molecule has 3 heterocycles. The second-order valence-corrected chi connectivity index (χ2v) is 5.21. The number of nitrogens with zero attached hydrogens (tertiary/aromatic N) is 4. The van der Waals surface area contributed by atoms with Gasteiger partial charge in [0.2, 0.25) is 5.95 Å². The quantitative estimate of drug-likeness (QED) is 0.740. The van der Waals surface area contributed by atoms with E-state index in [1.807, 2.05) is 12.1 Å². The van der Waals surface area contributed by atoms with Gasteiger partial charge in [-0.3, -0.25) is 9.78 Å². The van der Waals surface area contributed by atoms with Crippen molar-refractivity contribution in [3.63, 3.8) is 0 Å². The lowest BCUT2D eigenvalue weighted by Crippen LogP contribution is -2.24. The molecule has 2 N–H and O–H groups in total. The van der Waals surface area contributed by atoms with E-state index in [0.717, 1.165) is 5.56 Å². The molecule has 122 valence electrons. The first-order chi connectivity index (χ1) is 11.6. The van der Waals surface area contributed by atoms with E-state index < -0.39 is 0 Å². The third-order valence-corrected chi connectivity index (χ3v) is 3.13. The van der Waals surface area contributed by atoms with Crippen LogP contribution in [-0.2, 0) is 6.54 Å². The summed E-state index contributed by atoms with van der Waals surface area (Å²) in [5.74, 6) is 1.15. The summed E-state index contributed by atoms with van der Waals surface area (Å²) in [7, 11) is 0. The molecule has 3 rings (SSSR count). The van der Waals surface area contributed by atoms with Gasteiger partial charge in [-0.1, -0.05) is 11.2 Å². The summed E-state index contributed by atoms with van der Waals surface area (Å²) in [6.07, 6.45) is 3.38. The normalized spacial score (nSPS) is 10.4. The fourth-order valence-corrected chi connectivity index (χ4v) is 2.06. The van der Waals surface area contributed by atoms with Crippen molar-refractivity contribution in [3.8, 4) is 0 Å². The Labute approximate surface area is 138 Å². The van der Waals surface area contributed by atoms with E-state index in [9.17, 15) is 4.79 Å². The molecule has 8 heteroatoms. The van der Waals surface area contributed by atoms with Gasteiger partial charge in [0.05, 0.1) is 0 Å². The molecule has 0 unspecified atom stereocenters. The van der Waals surface area contributed by atoms with Crippen molar-refractivity contribution < 1.29 is 9.32 Å². The topological polar surface area (TPSA) is 106 Å². The van der Waals surface area contributed by atoms with Gasteiger partial charge in [0.15, 0.2) is 5.82 Å². The monoisotopic (exact) mass is 324 g/mol. The Balaban J connectivity index is 1.71. The molecule has 0 atom stereocenters. The molecular formula is C16H16N6O2. The van der Waals surface area contributed by atoms with Crippen molar-refractivity contribution in [1.29, 1.82) is 0 Å². The van der Waals surface area contributed by atoms with Gasteiger partial charge in [0, 0.05) is 30.7 Å². The van der Waals surface area contributed by atoms with Crippen LogP contribution in [-0.4, -0.2) is 26.0 Å². The molecule has 0 aliphatic carbocycles. The Bertz CT molecular complexity index is 847. The highest BCUT2D eigenvalue weighted by atomic mass is 16.5. The Morgan fingerprint density at radius 2 is 2.12 bits per heavy atom. The highest BCUT2D eigenvalue weighted by molar-refractivity contribution is 5.92. The molecule has 0 aliphatic heterocycles. The number of rotatable bonds is 5. The first kappa shape index (κ1) is 15.6. The van der Waals surface area contributed by atoms with Gasteiger partial charge in [-0.15, -0.1) is 0 Å². The molecule has 0 radical (unpaired) electrons. The van der Waals surface area contributed by atoms with Crippen LogP contribution in [0.4, 0.5) is 11.8 Å². The van der Waals surface area contributed by atoms with Crippen molar-refractivity contribution >= 4 is 17.7 Å². The highest BCUT2D eigenvalue weighted by Gasteiger charge is 2.11. The lowest BCUT2D eigenvalue weighted by Gasteiger charge is -2.07. The van der Waals surface area contributed by atoms with Crippen molar-refractivity contribution in [2.24, 2.45) is 0 Å². The van der Waals surface area contributed by atoms with Crippen LogP contribution in [0.1, 0.15) is 27.5 Å². The number of carbonyl (C=O) groups is 1. The summed E-state index contributed by atoms with van der Waals surface area (Å²) in [5, 5.41) is 9.54. The van der Waals surface area contributed by atoms with Crippen LogP contribution < -0.4 is 10.6 Å². The van der Waals surface area contributed by atoms with Gasteiger partial charge in [-0.2, -0.15) is 0 Å². The molecule has 0 bridgehead atoms. The van der Waals surface area contributed by atoms with Crippen molar-refractivity contribution in [3.05, 3.63) is 59.4 Å². The number of amides is 1. The minimum Gasteiger partial charge on any atom is -0.360 e. The van der Waals surface area contributed by atoms with Crippen LogP contribution in [0.25, 0.3) is 0 Å². The molecule has 0 aliphatic rings. The maximum Gasteiger partial charge on any atom is 0.270 e. The molecule has 8 nitrogen and oxygen atoms in total. The van der Waals surface area contributed by atoms with E-state index in [-0.39, 0.29) is 17.5 Å². The molecule has 0 spiro atoms. The molecular weight excluding hydrogens is 308 g/mol. The van der Waals surface area contributed by atoms with Gasteiger partial charge >= 0.3 is 0 Å². The van der Waals surface area contributed by atoms with Crippen LogP contribution in [0.2, 0.25) is 0 Å². The van der Waals surface area contributed by atoms with Crippen molar-refractivity contribution in [2.45, 2.75) is 20.4 Å². The number of pyridine rings is 1. The number of hydrogen-bond donors (Lipinski definition) is 2. The van der Waals surface area contributed by atoms with Gasteiger partial charge in [-0.05, 0) is 31.5 Å². The minimum absolute atomic E-state index is 0.272. The zero-order valence-corrected chi connectivity index (χ0v) is 13.3. The average molecular weight is 324 g/mol. The molecule has 24 heavy (non-hydrogen) atoms. The van der Waals surface area contributed by atoms with Gasteiger partial charge in [0.1, 0.15) is 11.5 Å². The maximum atomic E-state index is 12.3. The standard InChI is InChI=1S/C16H16N6O2/c1-10-6-13(15(23)18-9-12-4-3-5-17-8-12)20-16(19-10)21-14-7-11(2)24-22-14/h3-8H,9H2,1-2H3,(H,18,23)(H,19,20,21,22). The summed E-state index contributed by atoms with van der Waals surface area (Å²) in [6, 6.07) is 7.04. The van der Waals surface area contributed by atoms with Crippen molar-refractivity contribution in [2.75, 3.05) is 5.32 Å². The second kappa shape index (κ2) is 6.86. The lowest BCUT2D eigenvalue weighted by atomic mass is 10.2. The SMILES string of the molecule is Cc1cc(C(=O)NCc2cccnc2)nc(Nc2cc(C)on2)n1. The lowest BCUT2D eigenvalue weighted by molar-refractivity contribution is 0.0945. The first-order valence-electron chi connectivity index (χ1n) is 7.33. The van der Waals surface area contributed by atoms with Crippen molar-refractivity contribution in [1.82, 2.24) is 25.4 Å². The van der Waals surface area contributed by atoms with Crippen LogP contribution in [0.15, 0.2) is 41.2 Å². The largest absolute Gasteiger partial charge is 0.360 e. The molecule has 3 aromatic rings. The Kier molecular flexibility index (Phi) is 4.46. The number of hydrogen-bond acceptors (Lipinski definition) is 7. The number of carbonyl (C=O) groups excluding carboxylic acids is 1. The molecule has 0 aromatic carbocycles. The fraction of sp³-hybridized carbons (Fsp3) is 0.188. The number of anilines is 2. The Morgan fingerprint density at radius 1 is 1.25 bits per heavy atom. The first-order valence-corrected chi connectivity index (χ1v) is 7.33. The van der Waals surface area contributed by atoms with Crippen LogP contribution in [0, 0.1) is 13.8 Å². The third-order valence-electron chi connectivity index (χ3n) is 3.13. The summed E-state index contributed by atoms with van der Waals surface area (Å²) >= 11 is 0. The van der Waals surface area contributed by atoms with E-state index in [4.69, 9.17) is 4.52 Å². The third kappa shape index (κ3) is 3.92. The Morgan fingerprint density at radius 3 is 2.83 bits per heavy atom. The molecule has 3 aromatic heterocycles. The van der Waals surface area contributed by atoms with E-state index in [1.165, 1.54) is 0 Å². The Hall–Kier alpha value is -3.29. The van der Waals surface area contributed by atoms with E-state index in [0.29, 0.717) is 23.8 Å². The van der Waals surface area contributed by atoms with Gasteiger partial charge in [-0.25, -0.2) is 9.97 Å².